The normalized spacial score (nSPS) is 31.1. The molecule has 8 heteroatoms. The summed E-state index contributed by atoms with van der Waals surface area (Å²) in [5.41, 5.74) is 4.17. The second kappa shape index (κ2) is 9.44. The fourth-order valence-electron chi connectivity index (χ4n) is 8.21. The van der Waals surface area contributed by atoms with Crippen molar-refractivity contribution in [3.05, 3.63) is 111 Å². The molecule has 208 valence electrons. The number of rotatable bonds is 3. The number of allylic oxidation sites excluding steroid dienone is 4. The van der Waals surface area contributed by atoms with Crippen LogP contribution in [0.4, 0.5) is 11.4 Å². The molecule has 3 aromatic rings. The summed E-state index contributed by atoms with van der Waals surface area (Å²) in [5.74, 6) is -4.10. The molecule has 2 heterocycles. The highest BCUT2D eigenvalue weighted by Gasteiger charge is 2.67. The van der Waals surface area contributed by atoms with Gasteiger partial charge in [-0.1, -0.05) is 79.9 Å². The number of amides is 4. The van der Waals surface area contributed by atoms with Gasteiger partial charge in [0.15, 0.2) is 0 Å². The third-order valence-electron chi connectivity index (χ3n) is 9.80. The first kappa shape index (κ1) is 26.0. The lowest BCUT2D eigenvalue weighted by Gasteiger charge is -2.51. The molecule has 2 bridgehead atoms. The second-order valence-electron chi connectivity index (χ2n) is 11.7. The van der Waals surface area contributed by atoms with Crippen LogP contribution in [0.1, 0.15) is 12.0 Å². The smallest absolute Gasteiger partial charge is 0.238 e. The minimum absolute atomic E-state index is 0.197. The maximum Gasteiger partial charge on any atom is 0.238 e. The molecule has 1 saturated carbocycles. The lowest BCUT2D eigenvalue weighted by Crippen LogP contribution is -2.51. The molecule has 2 saturated heterocycles. The van der Waals surface area contributed by atoms with E-state index in [2.05, 4.69) is 37.9 Å². The van der Waals surface area contributed by atoms with Crippen LogP contribution in [0, 0.1) is 41.4 Å². The predicted octanol–water partition coefficient (Wildman–Crippen LogP) is 6.41. The summed E-state index contributed by atoms with van der Waals surface area (Å²) in [7, 11) is 0. The quantitative estimate of drug-likeness (QED) is 0.236. The molecule has 0 N–H and O–H groups in total. The minimum atomic E-state index is -0.591. The van der Waals surface area contributed by atoms with Gasteiger partial charge in [0.25, 0.3) is 0 Å². The standard InChI is InChI=1S/C34H24Br2N2O4/c35-18-6-10-20(11-7-18)37-31(39)25-16-24(17-4-2-1-3-5-17)26-22-14-15-23(27(26)30(25)34(37)42)29-28(22)32(40)38(33(29)41)21-12-8-19(36)9-13-21/h1-15,22-23,25,27-30H,16H2/t22-,23-,25-,27+,28-,29+,30+/m1/s1. The Bertz CT molecular complexity index is 1750. The van der Waals surface area contributed by atoms with Crippen molar-refractivity contribution in [3.63, 3.8) is 0 Å². The monoisotopic (exact) mass is 682 g/mol. The van der Waals surface area contributed by atoms with Gasteiger partial charge >= 0.3 is 0 Å². The zero-order valence-electron chi connectivity index (χ0n) is 22.2. The first-order valence-corrected chi connectivity index (χ1v) is 15.7. The van der Waals surface area contributed by atoms with Gasteiger partial charge in [-0.3, -0.25) is 29.0 Å². The van der Waals surface area contributed by atoms with Crippen molar-refractivity contribution in [2.45, 2.75) is 6.42 Å². The van der Waals surface area contributed by atoms with Crippen molar-refractivity contribution in [2.75, 3.05) is 9.80 Å². The van der Waals surface area contributed by atoms with Crippen molar-refractivity contribution in [1.29, 1.82) is 0 Å². The van der Waals surface area contributed by atoms with Crippen LogP contribution < -0.4 is 9.80 Å². The number of nitrogens with zero attached hydrogens (tertiary/aromatic N) is 2. The van der Waals surface area contributed by atoms with Crippen molar-refractivity contribution in [2.24, 2.45) is 41.4 Å². The number of benzene rings is 3. The van der Waals surface area contributed by atoms with E-state index in [4.69, 9.17) is 0 Å². The van der Waals surface area contributed by atoms with Gasteiger partial charge in [0.2, 0.25) is 23.6 Å². The van der Waals surface area contributed by atoms with E-state index in [1.165, 1.54) is 9.80 Å². The van der Waals surface area contributed by atoms with E-state index in [0.717, 1.165) is 25.7 Å². The van der Waals surface area contributed by atoms with Crippen LogP contribution in [0.5, 0.6) is 0 Å². The number of hydrogen-bond donors (Lipinski definition) is 0. The molecule has 0 radical (unpaired) electrons. The summed E-state index contributed by atoms with van der Waals surface area (Å²) in [5, 5.41) is 0. The third kappa shape index (κ3) is 3.54. The molecular formula is C34H24Br2N2O4. The topological polar surface area (TPSA) is 74.8 Å². The Morgan fingerprint density at radius 2 is 1.12 bits per heavy atom. The van der Waals surface area contributed by atoms with E-state index in [9.17, 15) is 19.2 Å². The summed E-state index contributed by atoms with van der Waals surface area (Å²) in [6.45, 7) is 0. The average molecular weight is 684 g/mol. The Hall–Kier alpha value is -3.62. The fraction of sp³-hybridized carbons (Fsp3) is 0.235. The zero-order valence-corrected chi connectivity index (χ0v) is 25.4. The third-order valence-corrected chi connectivity index (χ3v) is 10.9. The summed E-state index contributed by atoms with van der Waals surface area (Å²) < 4.78 is 1.72. The number of hydrogen-bond acceptors (Lipinski definition) is 4. The van der Waals surface area contributed by atoms with Crippen LogP contribution in [-0.4, -0.2) is 23.6 Å². The maximum atomic E-state index is 14.2. The summed E-state index contributed by atoms with van der Waals surface area (Å²) in [4.78, 5) is 59.1. The van der Waals surface area contributed by atoms with E-state index in [0.29, 0.717) is 17.8 Å². The van der Waals surface area contributed by atoms with Crippen molar-refractivity contribution in [1.82, 2.24) is 0 Å². The highest BCUT2D eigenvalue weighted by Crippen LogP contribution is 2.63. The molecule has 9 rings (SSSR count). The van der Waals surface area contributed by atoms with Crippen LogP contribution >= 0.6 is 31.9 Å². The largest absolute Gasteiger partial charge is 0.274 e. The first-order valence-electron chi connectivity index (χ1n) is 14.1. The van der Waals surface area contributed by atoms with E-state index in [1.54, 1.807) is 24.3 Å². The van der Waals surface area contributed by atoms with Crippen LogP contribution in [0.2, 0.25) is 0 Å². The number of carbonyl (C=O) groups excluding carboxylic acids is 4. The predicted molar refractivity (Wildman–Crippen MR) is 165 cm³/mol. The Morgan fingerprint density at radius 1 is 0.571 bits per heavy atom. The fourth-order valence-corrected chi connectivity index (χ4v) is 8.73. The molecule has 0 unspecified atom stereocenters. The Morgan fingerprint density at radius 3 is 1.74 bits per heavy atom. The molecule has 0 spiro atoms. The Balaban J connectivity index is 1.28. The highest BCUT2D eigenvalue weighted by molar-refractivity contribution is 9.10. The molecule has 6 nitrogen and oxygen atoms in total. The molecule has 0 aromatic heterocycles. The van der Waals surface area contributed by atoms with E-state index < -0.39 is 23.7 Å². The summed E-state index contributed by atoms with van der Waals surface area (Å²) >= 11 is 6.88. The Labute approximate surface area is 259 Å². The molecule has 3 aromatic carbocycles. The molecule has 6 aliphatic rings. The zero-order chi connectivity index (χ0) is 28.9. The van der Waals surface area contributed by atoms with Crippen molar-refractivity contribution >= 4 is 72.4 Å². The van der Waals surface area contributed by atoms with Gasteiger partial charge in [-0.05, 0) is 72.0 Å². The van der Waals surface area contributed by atoms with Gasteiger partial charge in [0.05, 0.1) is 35.0 Å². The summed E-state index contributed by atoms with van der Waals surface area (Å²) in [6, 6.07) is 24.4. The number of halogens is 2. The molecule has 4 amide bonds. The van der Waals surface area contributed by atoms with Crippen molar-refractivity contribution < 1.29 is 19.2 Å². The number of carbonyl (C=O) groups is 4. The molecule has 3 fully saturated rings. The van der Waals surface area contributed by atoms with Crippen molar-refractivity contribution in [3.8, 4) is 0 Å². The van der Waals surface area contributed by atoms with Gasteiger partial charge in [0, 0.05) is 20.8 Å². The molecule has 7 atom stereocenters. The second-order valence-corrected chi connectivity index (χ2v) is 13.5. The SMILES string of the molecule is O=C1[C@@H]2[C@@H]3C(=C(c4ccccc4)C[C@H]2C(=O)N1c1ccc(Br)cc1)[C@H]1C=C[C@H]3[C@@H]2C(=O)N(c3ccc(Br)cc3)C(=O)[C@@H]21. The maximum absolute atomic E-state index is 14.2. The number of imide groups is 2. The molecule has 4 aliphatic carbocycles. The van der Waals surface area contributed by atoms with Gasteiger partial charge < -0.3 is 0 Å². The van der Waals surface area contributed by atoms with Crippen LogP contribution in [0.15, 0.2) is 106 Å². The number of fused-ring (bicyclic) bond motifs is 1. The van der Waals surface area contributed by atoms with Crippen LogP contribution in [0.25, 0.3) is 5.57 Å². The van der Waals surface area contributed by atoms with E-state index in [1.807, 2.05) is 60.7 Å². The average Bonchev–Trinajstić information content (AvgIpc) is 3.43. The minimum Gasteiger partial charge on any atom is -0.274 e. The number of anilines is 2. The molecular weight excluding hydrogens is 660 g/mol. The Kier molecular flexibility index (Phi) is 5.86. The van der Waals surface area contributed by atoms with Crippen LogP contribution in [-0.2, 0) is 19.2 Å². The van der Waals surface area contributed by atoms with Crippen LogP contribution in [0.3, 0.4) is 0 Å². The van der Waals surface area contributed by atoms with E-state index in [-0.39, 0.29) is 41.4 Å². The highest BCUT2D eigenvalue weighted by atomic mass is 79.9. The van der Waals surface area contributed by atoms with Gasteiger partial charge in [-0.25, -0.2) is 0 Å². The van der Waals surface area contributed by atoms with Gasteiger partial charge in [-0.15, -0.1) is 0 Å². The van der Waals surface area contributed by atoms with Gasteiger partial charge in [0.1, 0.15) is 0 Å². The molecule has 42 heavy (non-hydrogen) atoms. The van der Waals surface area contributed by atoms with E-state index >= 15 is 0 Å². The first-order chi connectivity index (χ1) is 20.3. The lowest BCUT2D eigenvalue weighted by molar-refractivity contribution is -0.129. The molecule has 2 aliphatic heterocycles. The lowest BCUT2D eigenvalue weighted by atomic mass is 9.49. The van der Waals surface area contributed by atoms with Gasteiger partial charge in [-0.2, -0.15) is 0 Å². The summed E-state index contributed by atoms with van der Waals surface area (Å²) in [6.07, 6.45) is 4.54.